The molecule has 0 amide bonds. The fourth-order valence-corrected chi connectivity index (χ4v) is 2.29. The van der Waals surface area contributed by atoms with Crippen molar-refractivity contribution < 1.29 is 14.2 Å². The first-order chi connectivity index (χ1) is 10.2. The Hall–Kier alpha value is -2.46. The van der Waals surface area contributed by atoms with Gasteiger partial charge in [0.2, 0.25) is 0 Å². The summed E-state index contributed by atoms with van der Waals surface area (Å²) in [5.74, 6) is -0.334. The normalized spacial score (nSPS) is 12.3. The maximum atomic E-state index is 13.4. The van der Waals surface area contributed by atoms with Crippen molar-refractivity contribution in [1.82, 2.24) is 4.98 Å². The summed E-state index contributed by atoms with van der Waals surface area (Å²) >= 11 is 0. The van der Waals surface area contributed by atoms with Gasteiger partial charge in [0.05, 0.1) is 12.6 Å². The summed E-state index contributed by atoms with van der Waals surface area (Å²) in [6.45, 7) is 0. The molecular weight excluding hydrogens is 269 g/mol. The third kappa shape index (κ3) is 2.58. The van der Waals surface area contributed by atoms with Gasteiger partial charge in [0, 0.05) is 11.6 Å². The molecule has 1 heterocycles. The van der Waals surface area contributed by atoms with Crippen LogP contribution in [0, 0.1) is 5.82 Å². The Bertz CT molecular complexity index is 789. The third-order valence-corrected chi connectivity index (χ3v) is 3.44. The minimum atomic E-state index is -0.856. The van der Waals surface area contributed by atoms with Crippen LogP contribution in [0.15, 0.2) is 54.7 Å². The van der Waals surface area contributed by atoms with Gasteiger partial charge in [-0.3, -0.25) is 4.98 Å². The first-order valence-electron chi connectivity index (χ1n) is 6.55. The van der Waals surface area contributed by atoms with E-state index in [4.69, 9.17) is 4.74 Å². The number of aromatic nitrogens is 1. The van der Waals surface area contributed by atoms with E-state index in [9.17, 15) is 9.50 Å². The summed E-state index contributed by atoms with van der Waals surface area (Å²) in [4.78, 5) is 4.27. The highest BCUT2D eigenvalue weighted by atomic mass is 19.1. The molecule has 0 spiro atoms. The summed E-state index contributed by atoms with van der Waals surface area (Å²) < 4.78 is 18.4. The summed E-state index contributed by atoms with van der Waals surface area (Å²) in [6.07, 6.45) is 0.852. The monoisotopic (exact) mass is 283 g/mol. The van der Waals surface area contributed by atoms with Gasteiger partial charge in [-0.25, -0.2) is 4.39 Å². The van der Waals surface area contributed by atoms with E-state index < -0.39 is 11.9 Å². The maximum Gasteiger partial charge on any atom is 0.165 e. The second-order valence-electron chi connectivity index (χ2n) is 4.75. The lowest BCUT2D eigenvalue weighted by Crippen LogP contribution is -2.01. The van der Waals surface area contributed by atoms with Gasteiger partial charge in [-0.15, -0.1) is 0 Å². The molecule has 1 atom stereocenters. The number of methoxy groups -OCH3 is 1. The Morgan fingerprint density at radius 2 is 1.86 bits per heavy atom. The number of aliphatic hydroxyl groups is 1. The highest BCUT2D eigenvalue weighted by molar-refractivity contribution is 5.79. The summed E-state index contributed by atoms with van der Waals surface area (Å²) in [6, 6.07) is 13.7. The standard InChI is InChI=1S/C17H14FNO2/c1-21-16-10-13(6-7-14(16)18)17(20)12-5-4-11-3-2-8-19-15(11)9-12/h2-10,17,20H,1H3. The zero-order chi connectivity index (χ0) is 14.8. The first kappa shape index (κ1) is 13.5. The van der Waals surface area contributed by atoms with Crippen molar-refractivity contribution in [2.24, 2.45) is 0 Å². The highest BCUT2D eigenvalue weighted by Crippen LogP contribution is 2.28. The van der Waals surface area contributed by atoms with Crippen molar-refractivity contribution in [3.8, 4) is 5.75 Å². The summed E-state index contributed by atoms with van der Waals surface area (Å²) in [7, 11) is 1.40. The molecule has 3 aromatic rings. The SMILES string of the molecule is COc1cc(C(O)c2ccc3cccnc3c2)ccc1F. The fraction of sp³-hybridized carbons (Fsp3) is 0.118. The largest absolute Gasteiger partial charge is 0.494 e. The van der Waals surface area contributed by atoms with Crippen LogP contribution in [0.5, 0.6) is 5.75 Å². The Balaban J connectivity index is 2.01. The minimum Gasteiger partial charge on any atom is -0.494 e. The van der Waals surface area contributed by atoms with Crippen molar-refractivity contribution >= 4 is 10.9 Å². The van der Waals surface area contributed by atoms with Gasteiger partial charge in [-0.2, -0.15) is 0 Å². The molecule has 0 bridgehead atoms. The average Bonchev–Trinajstić information content (AvgIpc) is 2.54. The molecule has 4 heteroatoms. The molecule has 3 nitrogen and oxygen atoms in total. The van der Waals surface area contributed by atoms with Crippen molar-refractivity contribution in [2.45, 2.75) is 6.10 Å². The highest BCUT2D eigenvalue weighted by Gasteiger charge is 2.14. The van der Waals surface area contributed by atoms with Crippen LogP contribution >= 0.6 is 0 Å². The molecule has 0 radical (unpaired) electrons. The number of halogens is 1. The molecule has 1 unspecified atom stereocenters. The molecule has 0 aliphatic rings. The van der Waals surface area contributed by atoms with Gasteiger partial charge >= 0.3 is 0 Å². The quantitative estimate of drug-likeness (QED) is 0.800. The average molecular weight is 283 g/mol. The second kappa shape index (κ2) is 5.50. The predicted octanol–water partition coefficient (Wildman–Crippen LogP) is 3.46. The van der Waals surface area contributed by atoms with E-state index in [1.165, 1.54) is 19.2 Å². The van der Waals surface area contributed by atoms with E-state index in [2.05, 4.69) is 4.98 Å². The number of ether oxygens (including phenoxy) is 1. The molecule has 1 N–H and O–H groups in total. The molecule has 3 rings (SSSR count). The Labute approximate surface area is 121 Å². The van der Waals surface area contributed by atoms with Crippen molar-refractivity contribution in [2.75, 3.05) is 7.11 Å². The number of rotatable bonds is 3. The molecule has 21 heavy (non-hydrogen) atoms. The van der Waals surface area contributed by atoms with Crippen molar-refractivity contribution in [1.29, 1.82) is 0 Å². The van der Waals surface area contributed by atoms with Crippen LogP contribution in [0.4, 0.5) is 4.39 Å². The van der Waals surface area contributed by atoms with E-state index in [1.54, 1.807) is 12.3 Å². The molecule has 0 saturated carbocycles. The number of aliphatic hydroxyl groups excluding tert-OH is 1. The molecule has 0 fully saturated rings. The van der Waals surface area contributed by atoms with Crippen LogP contribution in [0.1, 0.15) is 17.2 Å². The van der Waals surface area contributed by atoms with Crippen molar-refractivity contribution in [3.05, 3.63) is 71.7 Å². The third-order valence-electron chi connectivity index (χ3n) is 3.44. The van der Waals surface area contributed by atoms with E-state index in [0.717, 1.165) is 10.9 Å². The second-order valence-corrected chi connectivity index (χ2v) is 4.75. The number of nitrogens with zero attached hydrogens (tertiary/aromatic N) is 1. The molecule has 0 aliphatic carbocycles. The predicted molar refractivity (Wildman–Crippen MR) is 78.8 cm³/mol. The molecule has 2 aromatic carbocycles. The van der Waals surface area contributed by atoms with Crippen LogP contribution in [-0.2, 0) is 0 Å². The van der Waals surface area contributed by atoms with E-state index in [0.29, 0.717) is 11.1 Å². The van der Waals surface area contributed by atoms with Gasteiger partial charge in [0.15, 0.2) is 11.6 Å². The van der Waals surface area contributed by atoms with E-state index >= 15 is 0 Å². The lowest BCUT2D eigenvalue weighted by molar-refractivity contribution is 0.219. The zero-order valence-electron chi connectivity index (χ0n) is 11.5. The van der Waals surface area contributed by atoms with Gasteiger partial charge in [-0.1, -0.05) is 24.3 Å². The Kier molecular flexibility index (Phi) is 3.54. The first-order valence-corrected chi connectivity index (χ1v) is 6.55. The van der Waals surface area contributed by atoms with E-state index in [-0.39, 0.29) is 5.75 Å². The fourth-order valence-electron chi connectivity index (χ4n) is 2.29. The lowest BCUT2D eigenvalue weighted by atomic mass is 10.00. The molecule has 1 aromatic heterocycles. The molecule has 106 valence electrons. The van der Waals surface area contributed by atoms with Gasteiger partial charge in [0.1, 0.15) is 6.10 Å². The maximum absolute atomic E-state index is 13.4. The van der Waals surface area contributed by atoms with Crippen LogP contribution in [0.2, 0.25) is 0 Å². The van der Waals surface area contributed by atoms with Crippen molar-refractivity contribution in [3.63, 3.8) is 0 Å². The summed E-state index contributed by atoms with van der Waals surface area (Å²) in [5.41, 5.74) is 2.08. The number of hydrogen-bond donors (Lipinski definition) is 1. The Morgan fingerprint density at radius 3 is 2.67 bits per heavy atom. The molecule has 0 aliphatic heterocycles. The van der Waals surface area contributed by atoms with Crippen LogP contribution < -0.4 is 4.74 Å². The molecule has 0 saturated heterocycles. The number of hydrogen-bond acceptors (Lipinski definition) is 3. The van der Waals surface area contributed by atoms with E-state index in [1.807, 2.05) is 30.3 Å². The number of pyridine rings is 1. The van der Waals surface area contributed by atoms with Gasteiger partial charge < -0.3 is 9.84 Å². The van der Waals surface area contributed by atoms with Crippen LogP contribution in [-0.4, -0.2) is 17.2 Å². The number of fused-ring (bicyclic) bond motifs is 1. The van der Waals surface area contributed by atoms with Crippen LogP contribution in [0.3, 0.4) is 0 Å². The van der Waals surface area contributed by atoms with Gasteiger partial charge in [-0.05, 0) is 35.4 Å². The van der Waals surface area contributed by atoms with Crippen LogP contribution in [0.25, 0.3) is 10.9 Å². The van der Waals surface area contributed by atoms with Gasteiger partial charge in [0.25, 0.3) is 0 Å². The molecular formula is C17H14FNO2. The summed E-state index contributed by atoms with van der Waals surface area (Å²) in [5, 5.41) is 11.5. The smallest absolute Gasteiger partial charge is 0.165 e. The minimum absolute atomic E-state index is 0.116. The Morgan fingerprint density at radius 1 is 1.10 bits per heavy atom. The zero-order valence-corrected chi connectivity index (χ0v) is 11.5. The number of benzene rings is 2. The topological polar surface area (TPSA) is 42.4 Å². The lowest BCUT2D eigenvalue weighted by Gasteiger charge is -2.13.